The molecule has 0 spiro atoms. The number of carbonyl (C=O) groups is 1. The summed E-state index contributed by atoms with van der Waals surface area (Å²) in [4.78, 5) is 26.7. The Bertz CT molecular complexity index is 989. The molecule has 3 aromatic rings. The average Bonchev–Trinajstić information content (AvgIpc) is 3.37. The van der Waals surface area contributed by atoms with Crippen molar-refractivity contribution < 1.29 is 4.79 Å². The second-order valence-corrected chi connectivity index (χ2v) is 6.64. The molecule has 4 rings (SSSR count). The van der Waals surface area contributed by atoms with Gasteiger partial charge in [-0.2, -0.15) is 5.10 Å². The lowest BCUT2D eigenvalue weighted by Crippen LogP contribution is -2.40. The van der Waals surface area contributed by atoms with Crippen molar-refractivity contribution in [1.82, 2.24) is 34.4 Å². The number of hydrogen-bond acceptors (Lipinski definition) is 5. The van der Waals surface area contributed by atoms with E-state index in [-0.39, 0.29) is 17.5 Å². The van der Waals surface area contributed by atoms with E-state index < -0.39 is 0 Å². The zero-order chi connectivity index (χ0) is 18.8. The van der Waals surface area contributed by atoms with Gasteiger partial charge in [0, 0.05) is 36.8 Å². The van der Waals surface area contributed by atoms with Crippen molar-refractivity contribution in [1.29, 1.82) is 0 Å². The van der Waals surface area contributed by atoms with Crippen LogP contribution in [0.5, 0.6) is 0 Å². The molecule has 3 heterocycles. The van der Waals surface area contributed by atoms with Crippen LogP contribution in [0.2, 0.25) is 0 Å². The van der Waals surface area contributed by atoms with E-state index >= 15 is 0 Å². The zero-order valence-corrected chi connectivity index (χ0v) is 15.1. The van der Waals surface area contributed by atoms with E-state index in [1.165, 1.54) is 0 Å². The number of nitrogens with zero attached hydrogens (tertiary/aromatic N) is 6. The first-order valence-electron chi connectivity index (χ1n) is 9.07. The van der Waals surface area contributed by atoms with Gasteiger partial charge in [0.05, 0.1) is 0 Å². The van der Waals surface area contributed by atoms with Crippen LogP contribution in [0.25, 0.3) is 5.69 Å². The van der Waals surface area contributed by atoms with Crippen molar-refractivity contribution in [2.75, 3.05) is 13.1 Å². The molecule has 1 fully saturated rings. The molecule has 140 valence electrons. The fourth-order valence-electron chi connectivity index (χ4n) is 3.64. The maximum absolute atomic E-state index is 13.0. The molecule has 1 atom stereocenters. The monoisotopic (exact) mass is 367 g/mol. The lowest BCUT2D eigenvalue weighted by molar-refractivity contribution is 0.0703. The van der Waals surface area contributed by atoms with E-state index in [1.54, 1.807) is 21.8 Å². The van der Waals surface area contributed by atoms with Crippen LogP contribution in [-0.2, 0) is 6.54 Å². The van der Waals surface area contributed by atoms with Crippen LogP contribution >= 0.6 is 0 Å². The van der Waals surface area contributed by atoms with Gasteiger partial charge in [-0.05, 0) is 38.0 Å². The number of piperidine rings is 1. The number of aromatic amines is 1. The van der Waals surface area contributed by atoms with E-state index in [1.807, 2.05) is 36.1 Å². The zero-order valence-electron chi connectivity index (χ0n) is 15.1. The smallest absolute Gasteiger partial charge is 0.338 e. The molecule has 1 saturated heterocycles. The van der Waals surface area contributed by atoms with E-state index in [0.717, 1.165) is 24.4 Å². The van der Waals surface area contributed by atoms with Gasteiger partial charge in [-0.1, -0.05) is 6.07 Å². The Labute approximate surface area is 155 Å². The predicted molar refractivity (Wildman–Crippen MR) is 97.8 cm³/mol. The lowest BCUT2D eigenvalue weighted by Gasteiger charge is -2.32. The fourth-order valence-corrected chi connectivity index (χ4v) is 3.64. The largest absolute Gasteiger partial charge is 0.343 e. The van der Waals surface area contributed by atoms with Crippen molar-refractivity contribution in [3.05, 3.63) is 58.8 Å². The first-order valence-corrected chi connectivity index (χ1v) is 9.07. The second kappa shape index (κ2) is 7.18. The molecular formula is C18H21N7O2. The molecule has 27 heavy (non-hydrogen) atoms. The molecule has 0 aliphatic carbocycles. The minimum atomic E-state index is -0.197. The molecule has 9 nitrogen and oxygen atoms in total. The maximum Gasteiger partial charge on any atom is 0.343 e. The molecule has 1 aliphatic rings. The van der Waals surface area contributed by atoms with Crippen molar-refractivity contribution >= 4 is 5.91 Å². The third-order valence-electron chi connectivity index (χ3n) is 4.99. The van der Waals surface area contributed by atoms with Gasteiger partial charge in [-0.3, -0.25) is 13.9 Å². The Morgan fingerprint density at radius 2 is 2.11 bits per heavy atom. The first kappa shape index (κ1) is 17.2. The molecule has 0 radical (unpaired) electrons. The minimum Gasteiger partial charge on any atom is -0.338 e. The SMILES string of the molecule is CCn1c(C2CCCN(C(=O)c3cccc(-n4cnnc4)c3)C2)n[nH]c1=O. The molecule has 0 bridgehead atoms. The van der Waals surface area contributed by atoms with Crippen molar-refractivity contribution in [3.63, 3.8) is 0 Å². The Kier molecular flexibility index (Phi) is 4.57. The summed E-state index contributed by atoms with van der Waals surface area (Å²) >= 11 is 0. The highest BCUT2D eigenvalue weighted by atomic mass is 16.2. The Hall–Kier alpha value is -3.23. The maximum atomic E-state index is 13.0. The van der Waals surface area contributed by atoms with Crippen LogP contribution in [-0.4, -0.2) is 53.4 Å². The van der Waals surface area contributed by atoms with E-state index in [4.69, 9.17) is 0 Å². The average molecular weight is 367 g/mol. The molecule has 1 amide bonds. The summed E-state index contributed by atoms with van der Waals surface area (Å²) in [6, 6.07) is 7.41. The van der Waals surface area contributed by atoms with E-state index in [9.17, 15) is 9.59 Å². The van der Waals surface area contributed by atoms with Crippen molar-refractivity contribution in [2.45, 2.75) is 32.2 Å². The quantitative estimate of drug-likeness (QED) is 0.746. The van der Waals surface area contributed by atoms with Gasteiger partial charge in [0.15, 0.2) is 0 Å². The van der Waals surface area contributed by atoms with Gasteiger partial charge in [-0.25, -0.2) is 9.89 Å². The molecule has 1 N–H and O–H groups in total. The van der Waals surface area contributed by atoms with E-state index in [0.29, 0.717) is 25.2 Å². The Morgan fingerprint density at radius 3 is 2.89 bits per heavy atom. The standard InChI is InChI=1S/C18H21N7O2/c1-2-25-16(21-22-18(25)27)14-6-4-8-23(10-14)17(26)13-5-3-7-15(9-13)24-11-19-20-12-24/h3,5,7,9,11-12,14H,2,4,6,8,10H2,1H3,(H,22,27). The molecule has 1 unspecified atom stereocenters. The van der Waals surface area contributed by atoms with Crippen LogP contribution in [0.4, 0.5) is 0 Å². The Morgan fingerprint density at radius 1 is 1.30 bits per heavy atom. The van der Waals surface area contributed by atoms with Crippen LogP contribution in [0.1, 0.15) is 41.9 Å². The number of benzene rings is 1. The van der Waals surface area contributed by atoms with Crippen LogP contribution < -0.4 is 5.69 Å². The summed E-state index contributed by atoms with van der Waals surface area (Å²) in [7, 11) is 0. The Balaban J connectivity index is 1.55. The molecular weight excluding hydrogens is 346 g/mol. The van der Waals surface area contributed by atoms with Gasteiger partial charge in [0.1, 0.15) is 18.5 Å². The predicted octanol–water partition coefficient (Wildman–Crippen LogP) is 1.19. The van der Waals surface area contributed by atoms with Crippen LogP contribution in [0, 0.1) is 0 Å². The third-order valence-corrected chi connectivity index (χ3v) is 4.99. The highest BCUT2D eigenvalue weighted by Gasteiger charge is 2.29. The molecule has 0 saturated carbocycles. The van der Waals surface area contributed by atoms with Gasteiger partial charge < -0.3 is 4.90 Å². The third kappa shape index (κ3) is 3.27. The number of likely N-dealkylation sites (tertiary alicyclic amines) is 1. The highest BCUT2D eigenvalue weighted by Crippen LogP contribution is 2.26. The number of aromatic nitrogens is 6. The summed E-state index contributed by atoms with van der Waals surface area (Å²) in [5.74, 6) is 0.774. The van der Waals surface area contributed by atoms with Gasteiger partial charge in [-0.15, -0.1) is 10.2 Å². The normalized spacial score (nSPS) is 17.2. The molecule has 1 aliphatic heterocycles. The van der Waals surface area contributed by atoms with Gasteiger partial charge in [0.2, 0.25) is 0 Å². The fraction of sp³-hybridized carbons (Fsp3) is 0.389. The first-order chi connectivity index (χ1) is 13.2. The van der Waals surface area contributed by atoms with Crippen molar-refractivity contribution in [3.8, 4) is 5.69 Å². The molecule has 2 aromatic heterocycles. The van der Waals surface area contributed by atoms with Crippen LogP contribution in [0.15, 0.2) is 41.7 Å². The number of H-pyrrole nitrogens is 1. The number of amides is 1. The summed E-state index contributed by atoms with van der Waals surface area (Å²) in [5.41, 5.74) is 1.26. The molecule has 9 heteroatoms. The lowest BCUT2D eigenvalue weighted by atomic mass is 9.96. The summed E-state index contributed by atoms with van der Waals surface area (Å²) < 4.78 is 3.41. The number of nitrogens with one attached hydrogen (secondary N) is 1. The topological polar surface area (TPSA) is 102 Å². The number of hydrogen-bond donors (Lipinski definition) is 1. The summed E-state index contributed by atoms with van der Waals surface area (Å²) in [6.07, 6.45) is 4.99. The highest BCUT2D eigenvalue weighted by molar-refractivity contribution is 5.94. The number of rotatable bonds is 4. The molecule has 1 aromatic carbocycles. The second-order valence-electron chi connectivity index (χ2n) is 6.64. The van der Waals surface area contributed by atoms with Gasteiger partial charge >= 0.3 is 5.69 Å². The minimum absolute atomic E-state index is 0.0180. The van der Waals surface area contributed by atoms with Crippen molar-refractivity contribution in [2.24, 2.45) is 0 Å². The van der Waals surface area contributed by atoms with E-state index in [2.05, 4.69) is 20.4 Å². The van der Waals surface area contributed by atoms with Gasteiger partial charge in [0.25, 0.3) is 5.91 Å². The van der Waals surface area contributed by atoms with Crippen LogP contribution in [0.3, 0.4) is 0 Å². The summed E-state index contributed by atoms with van der Waals surface area (Å²) in [6.45, 7) is 3.74. The number of carbonyl (C=O) groups excluding carboxylic acids is 1. The summed E-state index contributed by atoms with van der Waals surface area (Å²) in [5, 5.41) is 14.3.